The second kappa shape index (κ2) is 16.8. The first-order valence-electron chi connectivity index (χ1n) is 17.5. The van der Waals surface area contributed by atoms with Crippen molar-refractivity contribution in [2.24, 2.45) is 22.2 Å². The number of nitrogens with zero attached hydrogens (tertiary/aromatic N) is 3. The molecule has 0 unspecified atom stereocenters. The Bertz CT molecular complexity index is 2120. The number of anilines is 1. The van der Waals surface area contributed by atoms with Crippen LogP contribution in [0.25, 0.3) is 22.6 Å². The Morgan fingerprint density at radius 3 is 2.55 bits per heavy atom. The lowest BCUT2D eigenvalue weighted by atomic mass is 10.0. The van der Waals surface area contributed by atoms with Gasteiger partial charge in [0, 0.05) is 30.9 Å². The number of benzene rings is 4. The minimum Gasteiger partial charge on any atom is -0.489 e. The fraction of sp³-hybridized carbons (Fsp3) is 0.282. The molecule has 14 nitrogen and oxygen atoms in total. The number of guanidine groups is 1. The zero-order valence-electron chi connectivity index (χ0n) is 29.1. The number of hydrogen-bond donors (Lipinski definition) is 5. The molecule has 0 spiro atoms. The predicted molar refractivity (Wildman–Crippen MR) is 201 cm³/mol. The molecule has 0 bridgehead atoms. The minimum atomic E-state index is -0.916. The van der Waals surface area contributed by atoms with Crippen LogP contribution >= 0.6 is 0 Å². The molecular formula is C39H42N8O6. The zero-order chi connectivity index (χ0) is 37.3. The lowest BCUT2D eigenvalue weighted by Crippen LogP contribution is -2.54. The second-order valence-corrected chi connectivity index (χ2v) is 12.9. The molecule has 274 valence electrons. The van der Waals surface area contributed by atoms with E-state index in [2.05, 4.69) is 20.6 Å². The van der Waals surface area contributed by atoms with E-state index < -0.39 is 29.9 Å². The molecule has 6 rings (SSSR count). The van der Waals surface area contributed by atoms with Gasteiger partial charge >= 0.3 is 0 Å². The maximum atomic E-state index is 13.6. The van der Waals surface area contributed by atoms with Gasteiger partial charge in [-0.05, 0) is 79.6 Å². The standard InChI is InChI=1S/C39H42N8O6/c40-29(20-24-6-2-1-3-7-24)38(51)47-19-5-9-33(47)37(50)46-32(8-4-18-43-39(41)42)36(49)44-26-12-10-25(11-13-26)23-52-28-15-17-31-35(22-28)53-34-21-27(48)14-16-30(34)45-31/h1-3,6-7,10-17,21-22,29,32-33H,4-5,8-9,18-20,23,40H2,(H,44,49)(H,46,50)(H4,41,42,43)/t29-,32+,33+/m1/s1. The molecule has 14 heteroatoms. The normalized spacial score (nSPS) is 15.1. The van der Waals surface area contributed by atoms with Crippen molar-refractivity contribution in [1.29, 1.82) is 0 Å². The molecular weight excluding hydrogens is 676 g/mol. The Balaban J connectivity index is 1.07. The molecule has 3 amide bonds. The van der Waals surface area contributed by atoms with Crippen LogP contribution in [-0.4, -0.2) is 64.8 Å². The number of aliphatic imine (C=N–C) groups is 1. The highest BCUT2D eigenvalue weighted by molar-refractivity contribution is 5.98. The molecule has 53 heavy (non-hydrogen) atoms. The summed E-state index contributed by atoms with van der Waals surface area (Å²) in [5.41, 5.74) is 21.1. The lowest BCUT2D eigenvalue weighted by Gasteiger charge is -2.28. The number of nitrogens with one attached hydrogen (secondary N) is 2. The van der Waals surface area contributed by atoms with Gasteiger partial charge in [-0.25, -0.2) is 4.98 Å². The van der Waals surface area contributed by atoms with Crippen molar-refractivity contribution in [1.82, 2.24) is 15.2 Å². The first-order chi connectivity index (χ1) is 25.6. The van der Waals surface area contributed by atoms with Crippen LogP contribution in [-0.2, 0) is 27.4 Å². The summed E-state index contributed by atoms with van der Waals surface area (Å²) in [4.78, 5) is 62.3. The first kappa shape index (κ1) is 36.5. The van der Waals surface area contributed by atoms with Gasteiger partial charge in [-0.15, -0.1) is 0 Å². The summed E-state index contributed by atoms with van der Waals surface area (Å²) in [6, 6.07) is 23.9. The summed E-state index contributed by atoms with van der Waals surface area (Å²) < 4.78 is 11.9. The molecule has 1 saturated heterocycles. The third-order valence-electron chi connectivity index (χ3n) is 8.98. The highest BCUT2D eigenvalue weighted by Gasteiger charge is 2.37. The molecule has 0 saturated carbocycles. The summed E-state index contributed by atoms with van der Waals surface area (Å²) in [5.74, 6) is -0.259. The fourth-order valence-corrected chi connectivity index (χ4v) is 6.27. The summed E-state index contributed by atoms with van der Waals surface area (Å²) in [5, 5.41) is 5.76. The van der Waals surface area contributed by atoms with Crippen LogP contribution < -0.4 is 38.0 Å². The van der Waals surface area contributed by atoms with Crippen LogP contribution in [0, 0.1) is 0 Å². The quantitative estimate of drug-likeness (QED) is 0.0489. The van der Waals surface area contributed by atoms with Gasteiger partial charge in [-0.2, -0.15) is 0 Å². The van der Waals surface area contributed by atoms with E-state index in [0.29, 0.717) is 66.2 Å². The number of fused-ring (bicyclic) bond motifs is 2. The van der Waals surface area contributed by atoms with E-state index in [-0.39, 0.29) is 36.9 Å². The maximum Gasteiger partial charge on any atom is 0.246 e. The number of carbonyl (C=O) groups excluding carboxylic acids is 3. The van der Waals surface area contributed by atoms with E-state index in [0.717, 1.165) is 11.1 Å². The summed E-state index contributed by atoms with van der Waals surface area (Å²) in [6.07, 6.45) is 2.15. The van der Waals surface area contributed by atoms with E-state index in [4.69, 9.17) is 26.4 Å². The number of ether oxygens (including phenoxy) is 1. The zero-order valence-corrected chi connectivity index (χ0v) is 29.1. The van der Waals surface area contributed by atoms with Crippen molar-refractivity contribution in [3.05, 3.63) is 112 Å². The molecule has 0 aromatic heterocycles. The van der Waals surface area contributed by atoms with E-state index >= 15 is 0 Å². The van der Waals surface area contributed by atoms with Crippen LogP contribution in [0.15, 0.2) is 105 Å². The van der Waals surface area contributed by atoms with Gasteiger partial charge in [0.15, 0.2) is 22.7 Å². The van der Waals surface area contributed by atoms with Gasteiger partial charge in [-0.3, -0.25) is 24.2 Å². The van der Waals surface area contributed by atoms with Crippen molar-refractivity contribution in [2.75, 3.05) is 18.4 Å². The van der Waals surface area contributed by atoms with Crippen molar-refractivity contribution in [3.63, 3.8) is 0 Å². The molecule has 3 atom stereocenters. The van der Waals surface area contributed by atoms with Gasteiger partial charge in [-0.1, -0.05) is 42.5 Å². The van der Waals surface area contributed by atoms with Crippen molar-refractivity contribution in [2.45, 2.75) is 56.8 Å². The minimum absolute atomic E-state index is 0.0637. The monoisotopic (exact) mass is 718 g/mol. The number of hydrogen-bond acceptors (Lipinski definition) is 9. The van der Waals surface area contributed by atoms with Gasteiger partial charge in [0.2, 0.25) is 17.7 Å². The largest absolute Gasteiger partial charge is 0.489 e. The number of amides is 3. The van der Waals surface area contributed by atoms with E-state index in [1.54, 1.807) is 36.4 Å². The smallest absolute Gasteiger partial charge is 0.246 e. The summed E-state index contributed by atoms with van der Waals surface area (Å²) in [6.45, 7) is 0.920. The lowest BCUT2D eigenvalue weighted by molar-refractivity contribution is -0.140. The number of nitrogens with two attached hydrogens (primary N) is 3. The molecule has 1 aliphatic carbocycles. The van der Waals surface area contributed by atoms with Crippen molar-refractivity contribution in [3.8, 4) is 17.2 Å². The van der Waals surface area contributed by atoms with Crippen LogP contribution in [0.4, 0.5) is 5.69 Å². The Kier molecular flexibility index (Phi) is 11.6. The van der Waals surface area contributed by atoms with Gasteiger partial charge in [0.25, 0.3) is 0 Å². The number of aromatic nitrogens is 1. The molecule has 8 N–H and O–H groups in total. The highest BCUT2D eigenvalue weighted by Crippen LogP contribution is 2.27. The molecule has 0 radical (unpaired) electrons. The van der Waals surface area contributed by atoms with Crippen LogP contribution in [0.5, 0.6) is 5.75 Å². The summed E-state index contributed by atoms with van der Waals surface area (Å²) >= 11 is 0. The number of rotatable bonds is 14. The Morgan fingerprint density at radius 2 is 1.77 bits per heavy atom. The van der Waals surface area contributed by atoms with Gasteiger partial charge in [0.05, 0.1) is 6.04 Å². The molecule has 3 aliphatic rings. The topological polar surface area (TPSA) is 221 Å². The van der Waals surface area contributed by atoms with Crippen LogP contribution in [0.1, 0.15) is 36.8 Å². The molecule has 2 heterocycles. The maximum absolute atomic E-state index is 13.6. The first-order valence-corrected chi connectivity index (χ1v) is 17.5. The second-order valence-electron chi connectivity index (χ2n) is 12.9. The van der Waals surface area contributed by atoms with Crippen LogP contribution in [0.3, 0.4) is 0 Å². The summed E-state index contributed by atoms with van der Waals surface area (Å²) in [7, 11) is 0. The van der Waals surface area contributed by atoms with E-state index in [1.165, 1.54) is 17.0 Å². The number of carbonyl (C=O) groups is 3. The molecule has 1 fully saturated rings. The van der Waals surface area contributed by atoms with E-state index in [9.17, 15) is 19.2 Å². The third kappa shape index (κ3) is 9.54. The molecule has 2 aliphatic heterocycles. The number of likely N-dealkylation sites (tertiary alicyclic amines) is 1. The Morgan fingerprint density at radius 1 is 0.981 bits per heavy atom. The van der Waals surface area contributed by atoms with Crippen LogP contribution in [0.2, 0.25) is 0 Å². The van der Waals surface area contributed by atoms with Gasteiger partial charge in [0.1, 0.15) is 35.7 Å². The molecule has 3 aromatic carbocycles. The van der Waals surface area contributed by atoms with Crippen molar-refractivity contribution < 1.29 is 23.5 Å². The Labute approximate surface area is 305 Å². The van der Waals surface area contributed by atoms with E-state index in [1.807, 2.05) is 42.5 Å². The average Bonchev–Trinajstić information content (AvgIpc) is 3.65. The molecule has 3 aromatic rings. The highest BCUT2D eigenvalue weighted by atomic mass is 16.5. The predicted octanol–water partition coefficient (Wildman–Crippen LogP) is 2.91. The van der Waals surface area contributed by atoms with Gasteiger partial charge < -0.3 is 41.9 Å². The third-order valence-corrected chi connectivity index (χ3v) is 8.98. The fourth-order valence-electron chi connectivity index (χ4n) is 6.27. The van der Waals surface area contributed by atoms with Crippen molar-refractivity contribution >= 4 is 40.5 Å². The SMILES string of the molecule is NC(N)=NCCC[C@H](NC(=O)[C@@H]1CCCN1C(=O)[C@H](N)Cc1ccccc1)C(=O)Nc1ccc(COc2ccc3nc4ccc(=O)cc-4oc3c2)cc1. The average molecular weight is 719 g/mol. The Hall–Kier alpha value is -6.28.